The summed E-state index contributed by atoms with van der Waals surface area (Å²) in [7, 11) is 0. The molecule has 0 radical (unpaired) electrons. The zero-order chi connectivity index (χ0) is 20.1. The number of amides is 1. The number of rotatable bonds is 6. The second kappa shape index (κ2) is 8.72. The van der Waals surface area contributed by atoms with Crippen molar-refractivity contribution in [1.82, 2.24) is 15.3 Å². The molecule has 1 aliphatic heterocycles. The SMILES string of the molecule is CCCCNC(=O)C[NH+]1CCN(c2nc(C(F)(F)F)nc3ccccc23)CC1. The Bertz CT molecular complexity index is 819. The Hall–Kier alpha value is -2.42. The molecule has 3 rings (SSSR count). The standard InChI is InChI=1S/C19H24F3N5O/c1-2-3-8-23-16(28)13-26-9-11-27(12-10-26)17-14-6-4-5-7-15(14)24-18(25-17)19(20,21)22/h4-7H,2-3,8-13H2,1H3,(H,23,28)/p+1. The number of para-hydroxylation sites is 1. The summed E-state index contributed by atoms with van der Waals surface area (Å²) in [5, 5.41) is 3.51. The maximum absolute atomic E-state index is 13.2. The van der Waals surface area contributed by atoms with E-state index in [-0.39, 0.29) is 11.4 Å². The van der Waals surface area contributed by atoms with E-state index in [4.69, 9.17) is 0 Å². The van der Waals surface area contributed by atoms with E-state index in [2.05, 4.69) is 22.2 Å². The van der Waals surface area contributed by atoms with Gasteiger partial charge < -0.3 is 15.1 Å². The third-order valence-electron chi connectivity index (χ3n) is 4.87. The Morgan fingerprint density at radius 2 is 1.93 bits per heavy atom. The molecule has 1 aromatic heterocycles. The topological polar surface area (TPSA) is 62.6 Å². The number of anilines is 1. The number of halogens is 3. The van der Waals surface area contributed by atoms with Crippen molar-refractivity contribution in [1.29, 1.82) is 0 Å². The molecule has 152 valence electrons. The molecule has 1 aromatic carbocycles. The van der Waals surface area contributed by atoms with Gasteiger partial charge in [-0.25, -0.2) is 9.97 Å². The first-order valence-electron chi connectivity index (χ1n) is 9.57. The lowest BCUT2D eigenvalue weighted by Gasteiger charge is -2.33. The van der Waals surface area contributed by atoms with Crippen LogP contribution in [0.15, 0.2) is 24.3 Å². The number of fused-ring (bicyclic) bond motifs is 1. The van der Waals surface area contributed by atoms with Gasteiger partial charge >= 0.3 is 6.18 Å². The normalized spacial score (nSPS) is 15.8. The molecule has 9 heteroatoms. The molecule has 6 nitrogen and oxygen atoms in total. The molecule has 0 aliphatic carbocycles. The maximum atomic E-state index is 13.2. The minimum absolute atomic E-state index is 0.0174. The van der Waals surface area contributed by atoms with Gasteiger partial charge in [0.1, 0.15) is 5.82 Å². The summed E-state index contributed by atoms with van der Waals surface area (Å²) in [5.74, 6) is -0.792. The Morgan fingerprint density at radius 3 is 2.61 bits per heavy atom. The van der Waals surface area contributed by atoms with Crippen molar-refractivity contribution in [3.8, 4) is 0 Å². The van der Waals surface area contributed by atoms with Gasteiger partial charge in [-0.05, 0) is 18.6 Å². The predicted octanol–water partition coefficient (Wildman–Crippen LogP) is 1.27. The molecular formula is C19H25F3N5O+. The number of hydrogen-bond acceptors (Lipinski definition) is 4. The van der Waals surface area contributed by atoms with Crippen molar-refractivity contribution in [2.75, 3.05) is 44.2 Å². The van der Waals surface area contributed by atoms with Gasteiger partial charge in [-0.2, -0.15) is 13.2 Å². The molecular weight excluding hydrogens is 371 g/mol. The monoisotopic (exact) mass is 396 g/mol. The van der Waals surface area contributed by atoms with Crippen LogP contribution in [0.5, 0.6) is 0 Å². The Morgan fingerprint density at radius 1 is 1.21 bits per heavy atom. The number of alkyl halides is 3. The molecule has 0 saturated carbocycles. The number of carbonyl (C=O) groups excluding carboxylic acids is 1. The van der Waals surface area contributed by atoms with E-state index in [9.17, 15) is 18.0 Å². The van der Waals surface area contributed by atoms with Crippen LogP contribution >= 0.6 is 0 Å². The quantitative estimate of drug-likeness (QED) is 0.722. The molecule has 2 N–H and O–H groups in total. The van der Waals surface area contributed by atoms with Gasteiger partial charge in [-0.3, -0.25) is 4.79 Å². The van der Waals surface area contributed by atoms with Gasteiger partial charge in [0, 0.05) is 11.9 Å². The van der Waals surface area contributed by atoms with E-state index >= 15 is 0 Å². The zero-order valence-corrected chi connectivity index (χ0v) is 15.9. The van der Waals surface area contributed by atoms with E-state index < -0.39 is 12.0 Å². The van der Waals surface area contributed by atoms with Gasteiger partial charge in [-0.1, -0.05) is 25.5 Å². The van der Waals surface area contributed by atoms with Crippen LogP contribution in [0, 0.1) is 0 Å². The molecule has 1 aliphatic rings. The smallest absolute Gasteiger partial charge is 0.351 e. The molecule has 0 atom stereocenters. The van der Waals surface area contributed by atoms with Crippen molar-refractivity contribution in [2.45, 2.75) is 25.9 Å². The predicted molar refractivity (Wildman–Crippen MR) is 100 cm³/mol. The van der Waals surface area contributed by atoms with Gasteiger partial charge in [0.15, 0.2) is 6.54 Å². The van der Waals surface area contributed by atoms with E-state index in [0.717, 1.165) is 17.7 Å². The Labute approximate surface area is 161 Å². The van der Waals surface area contributed by atoms with Crippen LogP contribution in [-0.2, 0) is 11.0 Å². The van der Waals surface area contributed by atoms with E-state index in [1.807, 2.05) is 4.90 Å². The average molecular weight is 396 g/mol. The van der Waals surface area contributed by atoms with Crippen molar-refractivity contribution < 1.29 is 22.9 Å². The number of unbranched alkanes of at least 4 members (excludes halogenated alkanes) is 1. The summed E-state index contributed by atoms with van der Waals surface area (Å²) in [4.78, 5) is 22.5. The molecule has 2 heterocycles. The fourth-order valence-electron chi connectivity index (χ4n) is 3.33. The minimum atomic E-state index is -4.59. The highest BCUT2D eigenvalue weighted by Crippen LogP contribution is 2.31. The van der Waals surface area contributed by atoms with Crippen LogP contribution < -0.4 is 15.1 Å². The lowest BCUT2D eigenvalue weighted by atomic mass is 10.2. The zero-order valence-electron chi connectivity index (χ0n) is 15.9. The van der Waals surface area contributed by atoms with Crippen LogP contribution in [0.4, 0.5) is 19.0 Å². The van der Waals surface area contributed by atoms with Crippen molar-refractivity contribution in [3.05, 3.63) is 30.1 Å². The number of quaternary nitrogens is 1. The number of benzene rings is 1. The summed E-state index contributed by atoms with van der Waals surface area (Å²) in [6.45, 7) is 5.54. The summed E-state index contributed by atoms with van der Waals surface area (Å²) >= 11 is 0. The van der Waals surface area contributed by atoms with Crippen LogP contribution in [0.25, 0.3) is 10.9 Å². The van der Waals surface area contributed by atoms with E-state index in [1.165, 1.54) is 0 Å². The van der Waals surface area contributed by atoms with E-state index in [0.29, 0.717) is 50.5 Å². The largest absolute Gasteiger partial charge is 0.451 e. The highest BCUT2D eigenvalue weighted by Gasteiger charge is 2.36. The highest BCUT2D eigenvalue weighted by atomic mass is 19.4. The van der Waals surface area contributed by atoms with Crippen LogP contribution in [-0.4, -0.2) is 55.1 Å². The number of piperazine rings is 1. The second-order valence-corrected chi connectivity index (χ2v) is 7.00. The third-order valence-corrected chi connectivity index (χ3v) is 4.87. The van der Waals surface area contributed by atoms with Gasteiger partial charge in [-0.15, -0.1) is 0 Å². The number of carbonyl (C=O) groups is 1. The lowest BCUT2D eigenvalue weighted by Crippen LogP contribution is -3.16. The first-order valence-corrected chi connectivity index (χ1v) is 9.57. The molecule has 1 saturated heterocycles. The minimum Gasteiger partial charge on any atom is -0.351 e. The molecule has 0 bridgehead atoms. The number of nitrogens with zero attached hydrogens (tertiary/aromatic N) is 3. The van der Waals surface area contributed by atoms with E-state index in [1.54, 1.807) is 24.3 Å². The fraction of sp³-hybridized carbons (Fsp3) is 0.526. The summed E-state index contributed by atoms with van der Waals surface area (Å²) in [6, 6.07) is 6.74. The average Bonchev–Trinajstić information content (AvgIpc) is 2.67. The molecule has 0 unspecified atom stereocenters. The van der Waals surface area contributed by atoms with Crippen LogP contribution in [0.2, 0.25) is 0 Å². The van der Waals surface area contributed by atoms with Crippen molar-refractivity contribution >= 4 is 22.6 Å². The number of hydrogen-bond donors (Lipinski definition) is 2. The summed E-state index contributed by atoms with van der Waals surface area (Å²) in [6.07, 6.45) is -2.61. The number of nitrogens with one attached hydrogen (secondary N) is 2. The third kappa shape index (κ3) is 4.89. The van der Waals surface area contributed by atoms with Crippen LogP contribution in [0.3, 0.4) is 0 Å². The number of aromatic nitrogens is 2. The lowest BCUT2D eigenvalue weighted by molar-refractivity contribution is -0.892. The molecule has 0 spiro atoms. The first-order chi connectivity index (χ1) is 13.4. The Balaban J connectivity index is 1.70. The fourth-order valence-corrected chi connectivity index (χ4v) is 3.33. The first kappa shape index (κ1) is 20.3. The summed E-state index contributed by atoms with van der Waals surface area (Å²) < 4.78 is 39.6. The maximum Gasteiger partial charge on any atom is 0.451 e. The molecule has 2 aromatic rings. The second-order valence-electron chi connectivity index (χ2n) is 7.00. The van der Waals surface area contributed by atoms with Gasteiger partial charge in [0.05, 0.1) is 31.7 Å². The highest BCUT2D eigenvalue weighted by molar-refractivity contribution is 5.89. The van der Waals surface area contributed by atoms with Crippen LogP contribution in [0.1, 0.15) is 25.6 Å². The van der Waals surface area contributed by atoms with Crippen molar-refractivity contribution in [3.63, 3.8) is 0 Å². The molecule has 28 heavy (non-hydrogen) atoms. The molecule has 1 amide bonds. The Kier molecular flexibility index (Phi) is 6.33. The summed E-state index contributed by atoms with van der Waals surface area (Å²) in [5.41, 5.74) is 0.282. The van der Waals surface area contributed by atoms with Gasteiger partial charge in [0.2, 0.25) is 5.82 Å². The van der Waals surface area contributed by atoms with Gasteiger partial charge in [0.25, 0.3) is 5.91 Å². The molecule has 1 fully saturated rings. The van der Waals surface area contributed by atoms with Crippen molar-refractivity contribution in [2.24, 2.45) is 0 Å².